The van der Waals surface area contributed by atoms with Crippen molar-refractivity contribution in [3.05, 3.63) is 53.9 Å². The summed E-state index contributed by atoms with van der Waals surface area (Å²) in [6.07, 6.45) is 6.33. The lowest BCUT2D eigenvalue weighted by Gasteiger charge is -2.12. The minimum Gasteiger partial charge on any atom is -0.493 e. The number of hydrogen-bond donors (Lipinski definition) is 0. The van der Waals surface area contributed by atoms with Crippen LogP contribution < -0.4 is 14.2 Å². The van der Waals surface area contributed by atoms with Gasteiger partial charge in [-0.15, -0.1) is 0 Å². The minimum absolute atomic E-state index is 0.123. The lowest BCUT2D eigenvalue weighted by molar-refractivity contribution is 0.104. The van der Waals surface area contributed by atoms with Gasteiger partial charge in [0.1, 0.15) is 0 Å². The molecule has 2 aromatic rings. The van der Waals surface area contributed by atoms with E-state index in [1.807, 2.05) is 0 Å². The molecule has 0 radical (unpaired) electrons. The second-order valence-electron chi connectivity index (χ2n) is 4.40. The smallest absolute Gasteiger partial charge is 0.203 e. The zero-order chi connectivity index (χ0) is 15.9. The number of benzene rings is 1. The maximum Gasteiger partial charge on any atom is 0.203 e. The van der Waals surface area contributed by atoms with Crippen molar-refractivity contribution in [2.45, 2.75) is 0 Å². The number of ketones is 1. The molecule has 1 heterocycles. The predicted octanol–water partition coefficient (Wildman–Crippen LogP) is 3.00. The van der Waals surface area contributed by atoms with E-state index in [2.05, 4.69) is 4.98 Å². The van der Waals surface area contributed by atoms with E-state index in [4.69, 9.17) is 14.2 Å². The molecule has 0 aliphatic rings. The normalized spacial score (nSPS) is 10.5. The standard InChI is InChI=1S/C17H17NO4/c1-20-15-9-12(10-16(21-2)17(15)22-3)6-7-14(19)13-5-4-8-18-11-13/h4-11H,1-3H3. The fourth-order valence-corrected chi connectivity index (χ4v) is 1.97. The summed E-state index contributed by atoms with van der Waals surface area (Å²) >= 11 is 0. The van der Waals surface area contributed by atoms with Crippen molar-refractivity contribution in [1.29, 1.82) is 0 Å². The Morgan fingerprint density at radius 3 is 2.27 bits per heavy atom. The van der Waals surface area contributed by atoms with Gasteiger partial charge in [0.25, 0.3) is 0 Å². The number of allylic oxidation sites excluding steroid dienone is 1. The molecule has 5 nitrogen and oxygen atoms in total. The maximum absolute atomic E-state index is 12.0. The summed E-state index contributed by atoms with van der Waals surface area (Å²) in [5.41, 5.74) is 1.30. The van der Waals surface area contributed by atoms with Crippen molar-refractivity contribution in [3.8, 4) is 17.2 Å². The van der Waals surface area contributed by atoms with Crippen LogP contribution in [0.2, 0.25) is 0 Å². The third kappa shape index (κ3) is 3.44. The Balaban J connectivity index is 2.29. The first-order valence-electron chi connectivity index (χ1n) is 6.62. The Labute approximate surface area is 129 Å². The van der Waals surface area contributed by atoms with Gasteiger partial charge in [0.15, 0.2) is 17.3 Å². The van der Waals surface area contributed by atoms with Gasteiger partial charge in [0, 0.05) is 18.0 Å². The molecule has 0 fully saturated rings. The highest BCUT2D eigenvalue weighted by Gasteiger charge is 2.12. The molecular formula is C17H17NO4. The molecule has 0 N–H and O–H groups in total. The van der Waals surface area contributed by atoms with E-state index in [1.54, 1.807) is 57.9 Å². The number of hydrogen-bond acceptors (Lipinski definition) is 5. The van der Waals surface area contributed by atoms with E-state index in [9.17, 15) is 4.79 Å². The first-order chi connectivity index (χ1) is 10.7. The third-order valence-electron chi connectivity index (χ3n) is 3.06. The quantitative estimate of drug-likeness (QED) is 0.606. The zero-order valence-electron chi connectivity index (χ0n) is 12.7. The van der Waals surface area contributed by atoms with E-state index < -0.39 is 0 Å². The van der Waals surface area contributed by atoms with Gasteiger partial charge in [0.05, 0.1) is 21.3 Å². The Morgan fingerprint density at radius 1 is 1.09 bits per heavy atom. The van der Waals surface area contributed by atoms with Gasteiger partial charge in [0.2, 0.25) is 5.75 Å². The van der Waals surface area contributed by atoms with Gasteiger partial charge in [-0.25, -0.2) is 0 Å². The number of rotatable bonds is 6. The Bertz CT molecular complexity index is 655. The second kappa shape index (κ2) is 7.26. The summed E-state index contributed by atoms with van der Waals surface area (Å²) in [4.78, 5) is 16.0. The highest BCUT2D eigenvalue weighted by molar-refractivity contribution is 6.06. The summed E-state index contributed by atoms with van der Waals surface area (Å²) < 4.78 is 15.8. The van der Waals surface area contributed by atoms with E-state index in [0.29, 0.717) is 22.8 Å². The first kappa shape index (κ1) is 15.6. The first-order valence-corrected chi connectivity index (χ1v) is 6.62. The van der Waals surface area contributed by atoms with E-state index in [-0.39, 0.29) is 5.78 Å². The number of carbonyl (C=O) groups excluding carboxylic acids is 1. The summed E-state index contributed by atoms with van der Waals surface area (Å²) in [6.45, 7) is 0. The molecule has 0 bridgehead atoms. The predicted molar refractivity (Wildman–Crippen MR) is 83.7 cm³/mol. The monoisotopic (exact) mass is 299 g/mol. The molecule has 0 saturated carbocycles. The zero-order valence-corrected chi connectivity index (χ0v) is 12.7. The lowest BCUT2D eigenvalue weighted by atomic mass is 10.1. The molecule has 0 aliphatic carbocycles. The summed E-state index contributed by atoms with van der Waals surface area (Å²) in [5, 5.41) is 0. The van der Waals surface area contributed by atoms with Crippen molar-refractivity contribution < 1.29 is 19.0 Å². The average Bonchev–Trinajstić information content (AvgIpc) is 2.59. The summed E-state index contributed by atoms with van der Waals surface area (Å²) in [7, 11) is 4.64. The number of nitrogens with zero attached hydrogens (tertiary/aromatic N) is 1. The molecular weight excluding hydrogens is 282 g/mol. The van der Waals surface area contributed by atoms with Gasteiger partial charge in [-0.3, -0.25) is 9.78 Å². The number of methoxy groups -OCH3 is 3. The van der Waals surface area contributed by atoms with E-state index >= 15 is 0 Å². The molecule has 2 rings (SSSR count). The maximum atomic E-state index is 12.0. The van der Waals surface area contributed by atoms with Crippen LogP contribution in [0.4, 0.5) is 0 Å². The molecule has 0 atom stereocenters. The highest BCUT2D eigenvalue weighted by Crippen LogP contribution is 2.38. The molecule has 0 saturated heterocycles. The van der Waals surface area contributed by atoms with Crippen LogP contribution in [0.15, 0.2) is 42.7 Å². The molecule has 0 unspecified atom stereocenters. The molecule has 5 heteroatoms. The lowest BCUT2D eigenvalue weighted by Crippen LogP contribution is -1.96. The molecule has 0 aliphatic heterocycles. The molecule has 1 aromatic carbocycles. The summed E-state index contributed by atoms with van der Waals surface area (Å²) in [6, 6.07) is 6.98. The Hall–Kier alpha value is -2.82. The van der Waals surface area contributed by atoms with Gasteiger partial charge in [-0.05, 0) is 35.9 Å². The highest BCUT2D eigenvalue weighted by atomic mass is 16.5. The Kier molecular flexibility index (Phi) is 5.14. The van der Waals surface area contributed by atoms with Gasteiger partial charge in [-0.1, -0.05) is 6.08 Å². The number of aromatic nitrogens is 1. The average molecular weight is 299 g/mol. The van der Waals surface area contributed by atoms with Crippen LogP contribution in [-0.2, 0) is 0 Å². The molecule has 114 valence electrons. The summed E-state index contributed by atoms with van der Waals surface area (Å²) in [5.74, 6) is 1.47. The number of ether oxygens (including phenoxy) is 3. The van der Waals surface area contributed by atoms with Crippen molar-refractivity contribution in [2.75, 3.05) is 21.3 Å². The Morgan fingerprint density at radius 2 is 1.77 bits per heavy atom. The molecule has 0 amide bonds. The van der Waals surface area contributed by atoms with Crippen LogP contribution in [0.25, 0.3) is 6.08 Å². The number of carbonyl (C=O) groups is 1. The topological polar surface area (TPSA) is 57.7 Å². The van der Waals surface area contributed by atoms with Gasteiger partial charge < -0.3 is 14.2 Å². The molecule has 0 spiro atoms. The van der Waals surface area contributed by atoms with Crippen LogP contribution in [-0.4, -0.2) is 32.1 Å². The van der Waals surface area contributed by atoms with E-state index in [1.165, 1.54) is 12.3 Å². The van der Waals surface area contributed by atoms with Crippen LogP contribution >= 0.6 is 0 Å². The fourth-order valence-electron chi connectivity index (χ4n) is 1.97. The minimum atomic E-state index is -0.123. The number of pyridine rings is 1. The van der Waals surface area contributed by atoms with Crippen LogP contribution in [0, 0.1) is 0 Å². The largest absolute Gasteiger partial charge is 0.493 e. The second-order valence-corrected chi connectivity index (χ2v) is 4.40. The third-order valence-corrected chi connectivity index (χ3v) is 3.06. The van der Waals surface area contributed by atoms with Crippen LogP contribution in [0.5, 0.6) is 17.2 Å². The molecule has 22 heavy (non-hydrogen) atoms. The van der Waals surface area contributed by atoms with Crippen molar-refractivity contribution >= 4 is 11.9 Å². The molecule has 1 aromatic heterocycles. The van der Waals surface area contributed by atoms with Crippen molar-refractivity contribution in [1.82, 2.24) is 4.98 Å². The van der Waals surface area contributed by atoms with Crippen LogP contribution in [0.1, 0.15) is 15.9 Å². The fraction of sp³-hybridized carbons (Fsp3) is 0.176. The van der Waals surface area contributed by atoms with Crippen molar-refractivity contribution in [3.63, 3.8) is 0 Å². The SMILES string of the molecule is COc1cc(C=CC(=O)c2cccnc2)cc(OC)c1OC. The van der Waals surface area contributed by atoms with Crippen LogP contribution in [0.3, 0.4) is 0 Å². The van der Waals surface area contributed by atoms with Crippen molar-refractivity contribution in [2.24, 2.45) is 0 Å². The van der Waals surface area contributed by atoms with Gasteiger partial charge >= 0.3 is 0 Å². The van der Waals surface area contributed by atoms with E-state index in [0.717, 1.165) is 5.56 Å². The van der Waals surface area contributed by atoms with Gasteiger partial charge in [-0.2, -0.15) is 0 Å².